The van der Waals surface area contributed by atoms with Crippen LogP contribution in [0.2, 0.25) is 5.02 Å². The number of halogens is 3. The summed E-state index contributed by atoms with van der Waals surface area (Å²) < 4.78 is 31.2. The minimum Gasteiger partial charge on any atom is -0.495 e. The fraction of sp³-hybridized carbons (Fsp3) is 0.222. The number of rotatable bonds is 7. The fourth-order valence-corrected chi connectivity index (χ4v) is 2.53. The average molecular weight is 399 g/mol. The quantitative estimate of drug-likeness (QED) is 0.665. The van der Waals surface area contributed by atoms with Crippen LogP contribution in [0.1, 0.15) is 0 Å². The molecule has 0 aliphatic rings. The lowest BCUT2D eigenvalue weighted by Crippen LogP contribution is -3.11. The summed E-state index contributed by atoms with van der Waals surface area (Å²) in [5.74, 6) is -2.37. The van der Waals surface area contributed by atoms with E-state index in [9.17, 15) is 18.4 Å². The largest absolute Gasteiger partial charge is 0.495 e. The Morgan fingerprint density at radius 3 is 2.33 bits per heavy atom. The van der Waals surface area contributed by atoms with Crippen molar-refractivity contribution in [1.82, 2.24) is 0 Å². The molecule has 1 unspecified atom stereocenters. The molecule has 144 valence electrons. The summed E-state index contributed by atoms with van der Waals surface area (Å²) in [6.45, 7) is -0.0417. The third kappa shape index (κ3) is 6.19. The first-order chi connectivity index (χ1) is 12.8. The SMILES string of the molecule is COc1ccc(Cl)cc1NC(=O)C[NH+](C)CC(=O)Nc1ccc(F)c(F)c1. The second-order valence-electron chi connectivity index (χ2n) is 5.88. The maximum atomic E-state index is 13.2. The van der Waals surface area contributed by atoms with Crippen LogP contribution in [0.25, 0.3) is 0 Å². The smallest absolute Gasteiger partial charge is 0.279 e. The van der Waals surface area contributed by atoms with Gasteiger partial charge >= 0.3 is 0 Å². The predicted octanol–water partition coefficient (Wildman–Crippen LogP) is 1.72. The van der Waals surface area contributed by atoms with Crippen LogP contribution < -0.4 is 20.3 Å². The van der Waals surface area contributed by atoms with Crippen molar-refractivity contribution in [3.63, 3.8) is 0 Å². The summed E-state index contributed by atoms with van der Waals surface area (Å²) in [7, 11) is 3.12. The molecule has 0 fully saturated rings. The van der Waals surface area contributed by atoms with E-state index in [1.165, 1.54) is 13.2 Å². The monoisotopic (exact) mass is 398 g/mol. The number of hydrogen-bond acceptors (Lipinski definition) is 3. The van der Waals surface area contributed by atoms with Crippen LogP contribution in [0.5, 0.6) is 5.75 Å². The van der Waals surface area contributed by atoms with E-state index in [0.717, 1.165) is 12.1 Å². The molecule has 3 N–H and O–H groups in total. The number of hydrogen-bond donors (Lipinski definition) is 3. The first-order valence-electron chi connectivity index (χ1n) is 7.98. The van der Waals surface area contributed by atoms with Gasteiger partial charge in [0.15, 0.2) is 24.7 Å². The van der Waals surface area contributed by atoms with Crippen molar-refractivity contribution in [2.75, 3.05) is 37.9 Å². The van der Waals surface area contributed by atoms with Gasteiger partial charge in [0, 0.05) is 16.8 Å². The molecule has 0 saturated heterocycles. The lowest BCUT2D eigenvalue weighted by molar-refractivity contribution is -0.862. The van der Waals surface area contributed by atoms with Gasteiger partial charge in [0.1, 0.15) is 5.75 Å². The van der Waals surface area contributed by atoms with Crippen molar-refractivity contribution in [3.05, 3.63) is 53.1 Å². The Hall–Kier alpha value is -2.71. The van der Waals surface area contributed by atoms with E-state index in [1.54, 1.807) is 25.2 Å². The van der Waals surface area contributed by atoms with E-state index in [2.05, 4.69) is 10.6 Å². The number of anilines is 2. The first-order valence-corrected chi connectivity index (χ1v) is 8.36. The zero-order valence-corrected chi connectivity index (χ0v) is 15.5. The molecule has 0 radical (unpaired) electrons. The summed E-state index contributed by atoms with van der Waals surface area (Å²) in [4.78, 5) is 24.7. The lowest BCUT2D eigenvalue weighted by atomic mass is 10.3. The minimum absolute atomic E-state index is 0.000860. The third-order valence-corrected chi connectivity index (χ3v) is 3.80. The van der Waals surface area contributed by atoms with Gasteiger partial charge in [-0.05, 0) is 30.3 Å². The van der Waals surface area contributed by atoms with Gasteiger partial charge in [-0.2, -0.15) is 0 Å². The van der Waals surface area contributed by atoms with Gasteiger partial charge in [-0.3, -0.25) is 9.59 Å². The fourth-order valence-electron chi connectivity index (χ4n) is 2.36. The predicted molar refractivity (Wildman–Crippen MR) is 98.2 cm³/mol. The molecule has 2 aromatic carbocycles. The van der Waals surface area contributed by atoms with Gasteiger partial charge < -0.3 is 20.3 Å². The number of carbonyl (C=O) groups excluding carboxylic acids is 2. The summed E-state index contributed by atoms with van der Waals surface area (Å²) in [6.07, 6.45) is 0. The van der Waals surface area contributed by atoms with Gasteiger partial charge in [-0.1, -0.05) is 11.6 Å². The van der Waals surface area contributed by atoms with Gasteiger partial charge in [0.25, 0.3) is 11.8 Å². The van der Waals surface area contributed by atoms with Crippen LogP contribution in [-0.2, 0) is 9.59 Å². The van der Waals surface area contributed by atoms with E-state index in [-0.39, 0.29) is 24.7 Å². The molecule has 2 amide bonds. The molecule has 1 atom stereocenters. The second-order valence-corrected chi connectivity index (χ2v) is 6.32. The average Bonchev–Trinajstić information content (AvgIpc) is 2.58. The molecule has 0 bridgehead atoms. The number of likely N-dealkylation sites (N-methyl/N-ethyl adjacent to an activating group) is 1. The topological polar surface area (TPSA) is 71.9 Å². The minimum atomic E-state index is -1.05. The first kappa shape index (κ1) is 20.6. The van der Waals surface area contributed by atoms with Crippen LogP contribution in [0.15, 0.2) is 36.4 Å². The highest BCUT2D eigenvalue weighted by Gasteiger charge is 2.16. The Balaban J connectivity index is 1.88. The van der Waals surface area contributed by atoms with Gasteiger partial charge in [-0.25, -0.2) is 8.78 Å². The van der Waals surface area contributed by atoms with E-state index in [1.807, 2.05) is 0 Å². The number of carbonyl (C=O) groups is 2. The van der Waals surface area contributed by atoms with Crippen LogP contribution in [0, 0.1) is 11.6 Å². The summed E-state index contributed by atoms with van der Waals surface area (Å²) in [5.41, 5.74) is 0.564. The van der Waals surface area contributed by atoms with E-state index < -0.39 is 17.5 Å². The van der Waals surface area contributed by atoms with Crippen molar-refractivity contribution in [3.8, 4) is 5.75 Å². The van der Waals surface area contributed by atoms with Crippen LogP contribution >= 0.6 is 11.6 Å². The van der Waals surface area contributed by atoms with Crippen LogP contribution in [-0.4, -0.2) is 39.1 Å². The summed E-state index contributed by atoms with van der Waals surface area (Å²) >= 11 is 5.91. The third-order valence-electron chi connectivity index (χ3n) is 3.56. The molecule has 0 aromatic heterocycles. The van der Waals surface area contributed by atoms with Gasteiger partial charge in [0.2, 0.25) is 0 Å². The van der Waals surface area contributed by atoms with Crippen molar-refractivity contribution < 1.29 is 28.0 Å². The molecule has 2 aromatic rings. The Bertz CT molecular complexity index is 849. The van der Waals surface area contributed by atoms with Crippen molar-refractivity contribution >= 4 is 34.8 Å². The highest BCUT2D eigenvalue weighted by molar-refractivity contribution is 6.31. The molecule has 9 heteroatoms. The van der Waals surface area contributed by atoms with E-state index in [0.29, 0.717) is 21.4 Å². The highest BCUT2D eigenvalue weighted by Crippen LogP contribution is 2.27. The molecule has 0 aliphatic carbocycles. The van der Waals surface area contributed by atoms with E-state index >= 15 is 0 Å². The van der Waals surface area contributed by atoms with Crippen molar-refractivity contribution in [2.45, 2.75) is 0 Å². The maximum absolute atomic E-state index is 13.2. The van der Waals surface area contributed by atoms with Crippen LogP contribution in [0.3, 0.4) is 0 Å². The van der Waals surface area contributed by atoms with Crippen molar-refractivity contribution in [2.24, 2.45) is 0 Å². The normalized spacial score (nSPS) is 11.6. The standard InChI is InChI=1S/C18H18ClF2N3O3/c1-24(9-17(25)22-12-4-5-13(20)14(21)8-12)10-18(26)23-15-7-11(19)3-6-16(15)27-2/h3-8H,9-10H2,1-2H3,(H,22,25)(H,23,26)/p+1. The molecule has 0 spiro atoms. The van der Waals surface area contributed by atoms with Crippen molar-refractivity contribution in [1.29, 1.82) is 0 Å². The molecule has 6 nitrogen and oxygen atoms in total. The maximum Gasteiger partial charge on any atom is 0.279 e. The molecular weight excluding hydrogens is 380 g/mol. The number of methoxy groups -OCH3 is 1. The zero-order valence-electron chi connectivity index (χ0n) is 14.7. The van der Waals surface area contributed by atoms with Gasteiger partial charge in [-0.15, -0.1) is 0 Å². The van der Waals surface area contributed by atoms with Crippen LogP contribution in [0.4, 0.5) is 20.2 Å². The number of benzene rings is 2. The molecule has 27 heavy (non-hydrogen) atoms. The number of ether oxygens (including phenoxy) is 1. The number of nitrogens with one attached hydrogen (secondary N) is 3. The Morgan fingerprint density at radius 1 is 1.04 bits per heavy atom. The summed E-state index contributed by atoms with van der Waals surface area (Å²) in [6, 6.07) is 7.89. The molecule has 2 rings (SSSR count). The summed E-state index contributed by atoms with van der Waals surface area (Å²) in [5, 5.41) is 5.57. The lowest BCUT2D eigenvalue weighted by Gasteiger charge is -2.15. The number of amides is 2. The Morgan fingerprint density at radius 2 is 1.70 bits per heavy atom. The molecule has 0 heterocycles. The Kier molecular flexibility index (Phi) is 7.09. The Labute approximate surface area is 160 Å². The van der Waals surface area contributed by atoms with E-state index in [4.69, 9.17) is 16.3 Å². The second kappa shape index (κ2) is 9.29. The molecule has 0 aliphatic heterocycles. The zero-order chi connectivity index (χ0) is 20.0. The van der Waals surface area contributed by atoms with Gasteiger partial charge in [0.05, 0.1) is 19.8 Å². The number of quaternary nitrogens is 1. The molecular formula is C18H19ClF2N3O3+. The highest BCUT2D eigenvalue weighted by atomic mass is 35.5. The molecule has 0 saturated carbocycles.